The number of hydrogen-bond acceptors (Lipinski definition) is 6. The molecule has 2 aromatic heterocycles. The molecule has 1 amide bonds. The third kappa shape index (κ3) is 3.01. The highest BCUT2D eigenvalue weighted by atomic mass is 16.2. The Bertz CT molecular complexity index is 655. The number of hydrogen-bond donors (Lipinski definition) is 3. The quantitative estimate of drug-likeness (QED) is 0.730. The Balaban J connectivity index is 1.64. The van der Waals surface area contributed by atoms with Gasteiger partial charge in [-0.25, -0.2) is 15.0 Å². The molecule has 2 aromatic rings. The Kier molecular flexibility index (Phi) is 4.19. The number of carbonyl (C=O) groups excluding carboxylic acids is 1. The second kappa shape index (κ2) is 6.27. The second-order valence-corrected chi connectivity index (χ2v) is 5.80. The van der Waals surface area contributed by atoms with Gasteiger partial charge in [-0.15, -0.1) is 0 Å². The molecular formula is C14H21N7O. The minimum atomic E-state index is -0.00525. The molecular weight excluding hydrogens is 282 g/mol. The van der Waals surface area contributed by atoms with E-state index in [1.54, 1.807) is 11.2 Å². The lowest BCUT2D eigenvalue weighted by atomic mass is 9.95. The molecule has 118 valence electrons. The average molecular weight is 303 g/mol. The molecule has 1 saturated heterocycles. The van der Waals surface area contributed by atoms with Gasteiger partial charge in [0.1, 0.15) is 11.8 Å². The Hall–Kier alpha value is -2.22. The van der Waals surface area contributed by atoms with E-state index >= 15 is 0 Å². The molecule has 2 atom stereocenters. The average Bonchev–Trinajstić information content (AvgIpc) is 2.97. The Morgan fingerprint density at radius 3 is 3.14 bits per heavy atom. The van der Waals surface area contributed by atoms with Crippen molar-refractivity contribution in [3.05, 3.63) is 12.7 Å². The minimum absolute atomic E-state index is 0.00525. The van der Waals surface area contributed by atoms with E-state index in [0.29, 0.717) is 17.4 Å². The summed E-state index contributed by atoms with van der Waals surface area (Å²) >= 11 is 0. The summed E-state index contributed by atoms with van der Waals surface area (Å²) in [5.74, 6) is 1.16. The normalized spacial score (nSPS) is 21.7. The molecule has 1 aliphatic heterocycles. The van der Waals surface area contributed by atoms with E-state index in [1.165, 1.54) is 6.33 Å². The fourth-order valence-corrected chi connectivity index (χ4v) is 2.77. The van der Waals surface area contributed by atoms with E-state index in [2.05, 4.69) is 37.5 Å². The van der Waals surface area contributed by atoms with Crippen LogP contribution >= 0.6 is 0 Å². The highest BCUT2D eigenvalue weighted by molar-refractivity contribution is 5.87. The maximum absolute atomic E-state index is 12.3. The van der Waals surface area contributed by atoms with Gasteiger partial charge in [-0.1, -0.05) is 6.92 Å². The summed E-state index contributed by atoms with van der Waals surface area (Å²) in [6.07, 6.45) is 4.12. The van der Waals surface area contributed by atoms with Crippen LogP contribution in [0.5, 0.6) is 0 Å². The van der Waals surface area contributed by atoms with Gasteiger partial charge in [0.15, 0.2) is 11.5 Å². The van der Waals surface area contributed by atoms with Crippen LogP contribution in [-0.4, -0.2) is 58.6 Å². The van der Waals surface area contributed by atoms with E-state index in [4.69, 9.17) is 0 Å². The maximum atomic E-state index is 12.3. The summed E-state index contributed by atoms with van der Waals surface area (Å²) in [6.45, 7) is 4.27. The Morgan fingerprint density at radius 2 is 2.32 bits per heavy atom. The van der Waals surface area contributed by atoms with Gasteiger partial charge in [0.25, 0.3) is 0 Å². The highest BCUT2D eigenvalue weighted by Crippen LogP contribution is 2.18. The fourth-order valence-electron chi connectivity index (χ4n) is 2.77. The molecule has 0 saturated carbocycles. The van der Waals surface area contributed by atoms with Crippen molar-refractivity contribution in [3.63, 3.8) is 0 Å². The molecule has 0 bridgehead atoms. The molecule has 3 rings (SSSR count). The zero-order valence-electron chi connectivity index (χ0n) is 12.8. The van der Waals surface area contributed by atoms with Gasteiger partial charge in [0.2, 0.25) is 5.91 Å². The first-order valence-corrected chi connectivity index (χ1v) is 7.50. The van der Waals surface area contributed by atoms with Crippen LogP contribution in [0, 0.1) is 5.92 Å². The first kappa shape index (κ1) is 14.7. The number of carbonyl (C=O) groups is 1. The lowest BCUT2D eigenvalue weighted by Crippen LogP contribution is -2.52. The number of H-pyrrole nitrogens is 1. The van der Waals surface area contributed by atoms with Gasteiger partial charge >= 0.3 is 0 Å². The molecule has 1 fully saturated rings. The molecule has 2 unspecified atom stereocenters. The van der Waals surface area contributed by atoms with Crippen molar-refractivity contribution < 1.29 is 4.79 Å². The van der Waals surface area contributed by atoms with Gasteiger partial charge in [0.05, 0.1) is 12.9 Å². The number of anilines is 1. The second-order valence-electron chi connectivity index (χ2n) is 5.80. The zero-order chi connectivity index (χ0) is 15.5. The lowest BCUT2D eigenvalue weighted by Gasteiger charge is -2.31. The number of nitrogens with one attached hydrogen (secondary N) is 3. The van der Waals surface area contributed by atoms with E-state index in [0.717, 1.165) is 25.0 Å². The molecule has 1 aliphatic rings. The minimum Gasteiger partial charge on any atom is -0.350 e. The fraction of sp³-hybridized carbons (Fsp3) is 0.571. The van der Waals surface area contributed by atoms with E-state index in [-0.39, 0.29) is 18.5 Å². The molecule has 3 N–H and O–H groups in total. The number of fused-ring (bicyclic) bond motifs is 1. The predicted molar refractivity (Wildman–Crippen MR) is 83.5 cm³/mol. The van der Waals surface area contributed by atoms with Crippen molar-refractivity contribution in [1.29, 1.82) is 0 Å². The zero-order valence-corrected chi connectivity index (χ0v) is 12.8. The van der Waals surface area contributed by atoms with E-state index in [9.17, 15) is 4.79 Å². The molecule has 0 radical (unpaired) electrons. The van der Waals surface area contributed by atoms with Crippen LogP contribution in [0.3, 0.4) is 0 Å². The maximum Gasteiger partial charge on any atom is 0.239 e. The summed E-state index contributed by atoms with van der Waals surface area (Å²) in [6, 6.07) is 0.187. The van der Waals surface area contributed by atoms with Gasteiger partial charge in [-0.2, -0.15) is 0 Å². The first-order chi connectivity index (χ1) is 10.6. The number of rotatable bonds is 4. The largest absolute Gasteiger partial charge is 0.350 e. The van der Waals surface area contributed by atoms with Crippen LogP contribution < -0.4 is 15.5 Å². The lowest BCUT2D eigenvalue weighted by molar-refractivity contribution is -0.120. The number of piperidine rings is 1. The van der Waals surface area contributed by atoms with Crippen molar-refractivity contribution in [2.45, 2.75) is 19.4 Å². The van der Waals surface area contributed by atoms with Crippen LogP contribution in [0.1, 0.15) is 13.3 Å². The van der Waals surface area contributed by atoms with Crippen molar-refractivity contribution in [2.24, 2.45) is 5.92 Å². The van der Waals surface area contributed by atoms with E-state index in [1.807, 2.05) is 7.05 Å². The molecule has 22 heavy (non-hydrogen) atoms. The van der Waals surface area contributed by atoms with Crippen molar-refractivity contribution >= 4 is 22.9 Å². The summed E-state index contributed by atoms with van der Waals surface area (Å²) in [4.78, 5) is 29.5. The SMILES string of the molecule is CC1CCNCC1NC(=O)CN(C)c1ncnc2nc[nH]c12. The first-order valence-electron chi connectivity index (χ1n) is 7.50. The number of aromatic nitrogens is 4. The van der Waals surface area contributed by atoms with Crippen molar-refractivity contribution in [3.8, 4) is 0 Å². The highest BCUT2D eigenvalue weighted by Gasteiger charge is 2.23. The topological polar surface area (TPSA) is 98.8 Å². The third-order valence-electron chi connectivity index (χ3n) is 4.12. The number of nitrogens with zero attached hydrogens (tertiary/aromatic N) is 4. The summed E-state index contributed by atoms with van der Waals surface area (Å²) < 4.78 is 0. The van der Waals surface area contributed by atoms with Crippen molar-refractivity contribution in [1.82, 2.24) is 30.6 Å². The Labute approximate surface area is 128 Å². The van der Waals surface area contributed by atoms with Crippen LogP contribution in [0.4, 0.5) is 5.82 Å². The van der Waals surface area contributed by atoms with Crippen molar-refractivity contribution in [2.75, 3.05) is 31.6 Å². The molecule has 8 heteroatoms. The Morgan fingerprint density at radius 1 is 1.45 bits per heavy atom. The summed E-state index contributed by atoms with van der Waals surface area (Å²) in [7, 11) is 1.84. The van der Waals surface area contributed by atoms with Gasteiger partial charge in [0, 0.05) is 19.6 Å². The van der Waals surface area contributed by atoms with Gasteiger partial charge in [-0.05, 0) is 18.9 Å². The van der Waals surface area contributed by atoms with Gasteiger partial charge < -0.3 is 20.5 Å². The third-order valence-corrected chi connectivity index (χ3v) is 4.12. The van der Waals surface area contributed by atoms with Crippen LogP contribution in [0.2, 0.25) is 0 Å². The smallest absolute Gasteiger partial charge is 0.239 e. The number of imidazole rings is 1. The molecule has 8 nitrogen and oxygen atoms in total. The van der Waals surface area contributed by atoms with Crippen LogP contribution in [-0.2, 0) is 4.79 Å². The molecule has 0 spiro atoms. The monoisotopic (exact) mass is 303 g/mol. The molecule has 0 aromatic carbocycles. The van der Waals surface area contributed by atoms with Crippen LogP contribution in [0.25, 0.3) is 11.2 Å². The molecule has 0 aliphatic carbocycles. The number of aromatic amines is 1. The predicted octanol–water partition coefficient (Wildman–Crippen LogP) is -0.0967. The van der Waals surface area contributed by atoms with Gasteiger partial charge in [-0.3, -0.25) is 4.79 Å². The summed E-state index contributed by atoms with van der Waals surface area (Å²) in [5.41, 5.74) is 1.34. The molecule has 3 heterocycles. The number of amides is 1. The standard InChI is InChI=1S/C14H21N7O/c1-9-3-4-15-5-10(9)20-11(22)6-21(2)14-12-13(17-7-16-12)18-8-19-14/h7-10,15H,3-6H2,1-2H3,(H,20,22)(H,16,17,18,19). The van der Waals surface area contributed by atoms with E-state index < -0.39 is 0 Å². The number of likely N-dealkylation sites (N-methyl/N-ethyl adjacent to an activating group) is 1. The van der Waals surface area contributed by atoms with Crippen LogP contribution in [0.15, 0.2) is 12.7 Å². The summed E-state index contributed by atoms with van der Waals surface area (Å²) in [5, 5.41) is 6.41.